The van der Waals surface area contributed by atoms with E-state index in [-0.39, 0.29) is 12.4 Å². The van der Waals surface area contributed by atoms with Gasteiger partial charge in [0.2, 0.25) is 0 Å². The fourth-order valence-electron chi connectivity index (χ4n) is 4.11. The number of nitrogens with zero attached hydrogens (tertiary/aromatic N) is 2. The quantitative estimate of drug-likeness (QED) is 0.667. The van der Waals surface area contributed by atoms with Gasteiger partial charge in [-0.25, -0.2) is 0 Å². The van der Waals surface area contributed by atoms with Crippen LogP contribution in [0.2, 0.25) is 0 Å². The highest BCUT2D eigenvalue weighted by atomic mass is 35.5. The van der Waals surface area contributed by atoms with Gasteiger partial charge in [-0.05, 0) is 30.5 Å². The molecule has 3 heteroatoms. The molecular weight excluding hydrogens is 304 g/mol. The van der Waals surface area contributed by atoms with Crippen molar-refractivity contribution < 1.29 is 0 Å². The molecule has 0 aromatic heterocycles. The van der Waals surface area contributed by atoms with Gasteiger partial charge >= 0.3 is 0 Å². The minimum Gasteiger partial charge on any atom is -0.300 e. The van der Waals surface area contributed by atoms with Crippen LogP contribution in [0.4, 0.5) is 0 Å². The van der Waals surface area contributed by atoms with Crippen molar-refractivity contribution in [3.63, 3.8) is 0 Å². The van der Waals surface area contributed by atoms with Crippen LogP contribution < -0.4 is 0 Å². The Hall–Kier alpha value is -0.570. The lowest BCUT2D eigenvalue weighted by Gasteiger charge is -2.45. The van der Waals surface area contributed by atoms with E-state index in [1.54, 1.807) is 11.1 Å². The van der Waals surface area contributed by atoms with Gasteiger partial charge in [-0.15, -0.1) is 12.4 Å². The number of rotatable bonds is 7. The van der Waals surface area contributed by atoms with Crippen LogP contribution >= 0.6 is 12.4 Å². The topological polar surface area (TPSA) is 6.48 Å². The van der Waals surface area contributed by atoms with Gasteiger partial charge in [0, 0.05) is 32.2 Å². The third-order valence-electron chi connectivity index (χ3n) is 5.49. The summed E-state index contributed by atoms with van der Waals surface area (Å²) < 4.78 is 0. The van der Waals surface area contributed by atoms with Gasteiger partial charge in [-0.2, -0.15) is 0 Å². The second kappa shape index (κ2) is 9.66. The SMILES string of the molecule is CCCCCCCCN1CCN2CCc3ccccc3C2C1.Cl. The van der Waals surface area contributed by atoms with Crippen LogP contribution in [0.1, 0.15) is 62.6 Å². The predicted octanol–water partition coefficient (Wildman–Crippen LogP) is 4.68. The van der Waals surface area contributed by atoms with E-state index in [9.17, 15) is 0 Å². The summed E-state index contributed by atoms with van der Waals surface area (Å²) >= 11 is 0. The maximum absolute atomic E-state index is 2.71. The van der Waals surface area contributed by atoms with E-state index in [0.717, 1.165) is 0 Å². The molecule has 1 fully saturated rings. The molecule has 2 heterocycles. The number of hydrogen-bond acceptors (Lipinski definition) is 2. The molecule has 0 saturated carbocycles. The Morgan fingerprint density at radius 1 is 0.957 bits per heavy atom. The first-order chi connectivity index (χ1) is 10.9. The van der Waals surface area contributed by atoms with Crippen molar-refractivity contribution >= 4 is 12.4 Å². The Morgan fingerprint density at radius 2 is 1.74 bits per heavy atom. The number of fused-ring (bicyclic) bond motifs is 3. The first kappa shape index (κ1) is 18.8. The lowest BCUT2D eigenvalue weighted by molar-refractivity contribution is 0.0663. The minimum atomic E-state index is 0. The molecule has 3 rings (SSSR count). The van der Waals surface area contributed by atoms with Crippen molar-refractivity contribution in [1.29, 1.82) is 0 Å². The molecule has 0 amide bonds. The van der Waals surface area contributed by atoms with Crippen molar-refractivity contribution in [2.24, 2.45) is 0 Å². The zero-order valence-electron chi connectivity index (χ0n) is 14.7. The van der Waals surface area contributed by atoms with Crippen molar-refractivity contribution in [1.82, 2.24) is 9.80 Å². The summed E-state index contributed by atoms with van der Waals surface area (Å²) in [6, 6.07) is 9.76. The summed E-state index contributed by atoms with van der Waals surface area (Å²) in [5, 5.41) is 0. The Labute approximate surface area is 148 Å². The van der Waals surface area contributed by atoms with Crippen LogP contribution in [0.5, 0.6) is 0 Å². The van der Waals surface area contributed by atoms with Gasteiger partial charge in [0.25, 0.3) is 0 Å². The fraction of sp³-hybridized carbons (Fsp3) is 0.700. The highest BCUT2D eigenvalue weighted by Gasteiger charge is 2.31. The average molecular weight is 337 g/mol. The molecule has 2 nitrogen and oxygen atoms in total. The molecule has 1 atom stereocenters. The third-order valence-corrected chi connectivity index (χ3v) is 5.49. The molecule has 0 aliphatic carbocycles. The Kier molecular flexibility index (Phi) is 7.88. The van der Waals surface area contributed by atoms with E-state index >= 15 is 0 Å². The summed E-state index contributed by atoms with van der Waals surface area (Å²) in [4.78, 5) is 5.42. The fourth-order valence-corrected chi connectivity index (χ4v) is 4.11. The van der Waals surface area contributed by atoms with Crippen molar-refractivity contribution in [2.45, 2.75) is 57.9 Å². The van der Waals surface area contributed by atoms with Crippen molar-refractivity contribution in [3.8, 4) is 0 Å². The molecule has 0 N–H and O–H groups in total. The van der Waals surface area contributed by atoms with E-state index in [4.69, 9.17) is 0 Å². The predicted molar refractivity (Wildman–Crippen MR) is 102 cm³/mol. The molecular formula is C20H33ClN2. The second-order valence-electron chi connectivity index (χ2n) is 7.07. The summed E-state index contributed by atoms with van der Waals surface area (Å²) in [7, 11) is 0. The standard InChI is InChI=1S/C20H32N2.ClH/c1-2-3-4-5-6-9-13-21-15-16-22-14-12-18-10-7-8-11-19(18)20(22)17-21;/h7-8,10-11,20H,2-6,9,12-17H2,1H3;1H. The molecule has 1 unspecified atom stereocenters. The number of benzene rings is 1. The van der Waals surface area contributed by atoms with Crippen LogP contribution in [-0.2, 0) is 6.42 Å². The Bertz CT molecular complexity index is 463. The summed E-state index contributed by atoms with van der Waals surface area (Å²) in [5.41, 5.74) is 3.19. The monoisotopic (exact) mass is 336 g/mol. The Morgan fingerprint density at radius 3 is 2.61 bits per heavy atom. The van der Waals surface area contributed by atoms with E-state index in [2.05, 4.69) is 41.0 Å². The summed E-state index contributed by atoms with van der Waals surface area (Å²) in [6.45, 7) is 8.63. The summed E-state index contributed by atoms with van der Waals surface area (Å²) in [5.74, 6) is 0. The molecule has 0 bridgehead atoms. The highest BCUT2D eigenvalue weighted by Crippen LogP contribution is 2.32. The number of hydrogen-bond donors (Lipinski definition) is 0. The van der Waals surface area contributed by atoms with E-state index in [1.165, 1.54) is 77.7 Å². The maximum atomic E-state index is 2.71. The molecule has 1 aromatic carbocycles. The first-order valence-electron chi connectivity index (χ1n) is 9.42. The molecule has 130 valence electrons. The third kappa shape index (κ3) is 4.95. The molecule has 1 aromatic rings. The van der Waals surface area contributed by atoms with E-state index < -0.39 is 0 Å². The molecule has 0 spiro atoms. The lowest BCUT2D eigenvalue weighted by atomic mass is 9.91. The number of unbranched alkanes of at least 4 members (excludes halogenated alkanes) is 5. The number of halogens is 1. The first-order valence-corrected chi connectivity index (χ1v) is 9.42. The van der Waals surface area contributed by atoms with Gasteiger partial charge in [0.05, 0.1) is 0 Å². The smallest absolute Gasteiger partial charge is 0.0478 e. The zero-order chi connectivity index (χ0) is 15.2. The molecule has 0 radical (unpaired) electrons. The van der Waals surface area contributed by atoms with Crippen LogP contribution in [0, 0.1) is 0 Å². The van der Waals surface area contributed by atoms with Crippen molar-refractivity contribution in [3.05, 3.63) is 35.4 Å². The van der Waals surface area contributed by atoms with Crippen LogP contribution in [0.3, 0.4) is 0 Å². The highest BCUT2D eigenvalue weighted by molar-refractivity contribution is 5.85. The van der Waals surface area contributed by atoms with Gasteiger partial charge < -0.3 is 4.90 Å². The van der Waals surface area contributed by atoms with E-state index in [0.29, 0.717) is 6.04 Å². The van der Waals surface area contributed by atoms with Gasteiger partial charge in [0.15, 0.2) is 0 Å². The van der Waals surface area contributed by atoms with Crippen LogP contribution in [-0.4, -0.2) is 42.5 Å². The van der Waals surface area contributed by atoms with E-state index in [1.807, 2.05) is 0 Å². The van der Waals surface area contributed by atoms with Gasteiger partial charge in [-0.1, -0.05) is 63.3 Å². The molecule has 2 aliphatic rings. The van der Waals surface area contributed by atoms with Crippen LogP contribution in [0.25, 0.3) is 0 Å². The molecule has 1 saturated heterocycles. The average Bonchev–Trinajstić information content (AvgIpc) is 2.58. The van der Waals surface area contributed by atoms with Crippen molar-refractivity contribution in [2.75, 3.05) is 32.7 Å². The van der Waals surface area contributed by atoms with Gasteiger partial charge in [-0.3, -0.25) is 4.90 Å². The summed E-state index contributed by atoms with van der Waals surface area (Å²) in [6.07, 6.45) is 9.67. The normalized spacial score (nSPS) is 21.3. The van der Waals surface area contributed by atoms with Crippen LogP contribution in [0.15, 0.2) is 24.3 Å². The minimum absolute atomic E-state index is 0. The van der Waals surface area contributed by atoms with Gasteiger partial charge in [0.1, 0.15) is 0 Å². The Balaban J connectivity index is 0.00000192. The number of piperazine rings is 1. The molecule has 2 aliphatic heterocycles. The maximum Gasteiger partial charge on any atom is 0.0478 e. The lowest BCUT2D eigenvalue weighted by Crippen LogP contribution is -2.50. The second-order valence-corrected chi connectivity index (χ2v) is 7.07. The largest absolute Gasteiger partial charge is 0.300 e. The molecule has 23 heavy (non-hydrogen) atoms. The zero-order valence-corrected chi connectivity index (χ0v) is 15.5.